The van der Waals surface area contributed by atoms with E-state index >= 15 is 0 Å². The molecule has 2 aliphatic rings. The van der Waals surface area contributed by atoms with E-state index in [4.69, 9.17) is 11.6 Å². The first-order valence-electron chi connectivity index (χ1n) is 7.92. The van der Waals surface area contributed by atoms with Crippen molar-refractivity contribution in [2.75, 3.05) is 13.1 Å². The van der Waals surface area contributed by atoms with Gasteiger partial charge >= 0.3 is 0 Å². The molecule has 1 aliphatic carbocycles. The van der Waals surface area contributed by atoms with Crippen molar-refractivity contribution < 1.29 is 14.3 Å². The molecule has 1 N–H and O–H groups in total. The zero-order valence-electron chi connectivity index (χ0n) is 12.7. The van der Waals surface area contributed by atoms with Crippen LogP contribution in [0.3, 0.4) is 0 Å². The van der Waals surface area contributed by atoms with Gasteiger partial charge in [-0.15, -0.1) is 0 Å². The zero-order chi connectivity index (χ0) is 15.9. The number of halogens is 2. The summed E-state index contributed by atoms with van der Waals surface area (Å²) < 4.78 is 14.1. The maximum absolute atomic E-state index is 14.1. The van der Waals surface area contributed by atoms with Crippen LogP contribution in [-0.2, 0) is 0 Å². The highest BCUT2D eigenvalue weighted by Gasteiger charge is 2.48. The average molecular weight is 326 g/mol. The molecule has 120 valence electrons. The number of carbonyl (C=O) groups is 1. The summed E-state index contributed by atoms with van der Waals surface area (Å²) >= 11 is 5.77. The van der Waals surface area contributed by atoms with Crippen LogP contribution in [0, 0.1) is 17.7 Å². The Hall–Kier alpha value is -1.13. The first-order valence-corrected chi connectivity index (χ1v) is 8.29. The summed E-state index contributed by atoms with van der Waals surface area (Å²) in [7, 11) is 0. The third-order valence-electron chi connectivity index (χ3n) is 5.40. The van der Waals surface area contributed by atoms with E-state index in [1.54, 1.807) is 11.0 Å². The Labute approximate surface area is 135 Å². The fourth-order valence-corrected chi connectivity index (χ4v) is 4.25. The van der Waals surface area contributed by atoms with E-state index in [2.05, 4.69) is 0 Å². The molecule has 1 aromatic rings. The van der Waals surface area contributed by atoms with E-state index in [9.17, 15) is 14.3 Å². The van der Waals surface area contributed by atoms with Crippen LogP contribution in [0.2, 0.25) is 5.02 Å². The number of hydrogen-bond donors (Lipinski definition) is 1. The fourth-order valence-electron chi connectivity index (χ4n) is 4.07. The predicted octanol–water partition coefficient (Wildman–Crippen LogP) is 3.49. The van der Waals surface area contributed by atoms with Crippen LogP contribution < -0.4 is 0 Å². The van der Waals surface area contributed by atoms with Crippen molar-refractivity contribution in [2.45, 2.75) is 38.2 Å². The fraction of sp³-hybridized carbons (Fsp3) is 0.588. The van der Waals surface area contributed by atoms with Crippen molar-refractivity contribution in [1.82, 2.24) is 4.90 Å². The summed E-state index contributed by atoms with van der Waals surface area (Å²) in [6.45, 7) is 3.08. The summed E-state index contributed by atoms with van der Waals surface area (Å²) in [6.07, 6.45) is 3.49. The SMILES string of the molecule is CC[C@@]1(O)CCC[C@@H]2CN(C(=O)c3cccc(Cl)c3F)C[C@@H]21. The third-order valence-corrected chi connectivity index (χ3v) is 5.69. The van der Waals surface area contributed by atoms with Crippen LogP contribution in [0.4, 0.5) is 4.39 Å². The van der Waals surface area contributed by atoms with Gasteiger partial charge in [-0.05, 0) is 37.3 Å². The van der Waals surface area contributed by atoms with E-state index in [-0.39, 0.29) is 22.4 Å². The molecular formula is C17H21ClFNO2. The van der Waals surface area contributed by atoms with Gasteiger partial charge in [0, 0.05) is 19.0 Å². The monoisotopic (exact) mass is 325 g/mol. The minimum Gasteiger partial charge on any atom is -0.390 e. The van der Waals surface area contributed by atoms with Crippen molar-refractivity contribution >= 4 is 17.5 Å². The summed E-state index contributed by atoms with van der Waals surface area (Å²) in [5.41, 5.74) is -0.670. The Balaban J connectivity index is 1.83. The smallest absolute Gasteiger partial charge is 0.256 e. The van der Waals surface area contributed by atoms with Crippen LogP contribution in [0.15, 0.2) is 18.2 Å². The number of benzene rings is 1. The molecule has 5 heteroatoms. The third kappa shape index (κ3) is 2.52. The standard InChI is InChI=1S/C17H21ClFNO2/c1-2-17(22)8-4-5-11-9-20(10-13(11)17)16(21)12-6-3-7-14(18)15(12)19/h3,6-7,11,13,22H,2,4-5,8-10H2,1H3/t11-,13+,17-/m1/s1. The average Bonchev–Trinajstić information content (AvgIpc) is 2.95. The molecule has 3 atom stereocenters. The highest BCUT2D eigenvalue weighted by atomic mass is 35.5. The van der Waals surface area contributed by atoms with E-state index in [1.807, 2.05) is 6.92 Å². The number of nitrogens with zero attached hydrogens (tertiary/aromatic N) is 1. The van der Waals surface area contributed by atoms with Gasteiger partial charge in [-0.3, -0.25) is 4.79 Å². The molecule has 1 saturated carbocycles. The number of rotatable bonds is 2. The van der Waals surface area contributed by atoms with Gasteiger partial charge < -0.3 is 10.0 Å². The summed E-state index contributed by atoms with van der Waals surface area (Å²) in [4.78, 5) is 14.3. The van der Waals surface area contributed by atoms with E-state index in [0.29, 0.717) is 25.4 Å². The van der Waals surface area contributed by atoms with Gasteiger partial charge in [0.2, 0.25) is 0 Å². The lowest BCUT2D eigenvalue weighted by Gasteiger charge is -2.40. The lowest BCUT2D eigenvalue weighted by Crippen LogP contribution is -2.44. The van der Waals surface area contributed by atoms with Crippen LogP contribution in [0.1, 0.15) is 43.0 Å². The summed E-state index contributed by atoms with van der Waals surface area (Å²) in [5.74, 6) is -0.579. The van der Waals surface area contributed by atoms with Crippen LogP contribution in [-0.4, -0.2) is 34.6 Å². The summed E-state index contributed by atoms with van der Waals surface area (Å²) in [5, 5.41) is 10.8. The highest BCUT2D eigenvalue weighted by molar-refractivity contribution is 6.31. The normalized spacial score (nSPS) is 31.2. The number of likely N-dealkylation sites (tertiary alicyclic amines) is 1. The zero-order valence-corrected chi connectivity index (χ0v) is 13.4. The van der Waals surface area contributed by atoms with Gasteiger partial charge in [-0.1, -0.05) is 31.0 Å². The maximum Gasteiger partial charge on any atom is 0.256 e. The molecule has 0 bridgehead atoms. The van der Waals surface area contributed by atoms with Gasteiger partial charge in [0.05, 0.1) is 16.2 Å². The number of carbonyl (C=O) groups excluding carboxylic acids is 1. The predicted molar refractivity (Wildman–Crippen MR) is 83.4 cm³/mol. The van der Waals surface area contributed by atoms with Crippen molar-refractivity contribution in [2.24, 2.45) is 11.8 Å². The summed E-state index contributed by atoms with van der Waals surface area (Å²) in [6, 6.07) is 4.49. The maximum atomic E-state index is 14.1. The number of hydrogen-bond acceptors (Lipinski definition) is 2. The first kappa shape index (κ1) is 15.8. The van der Waals surface area contributed by atoms with Gasteiger partial charge in [0.1, 0.15) is 0 Å². The van der Waals surface area contributed by atoms with E-state index in [0.717, 1.165) is 19.3 Å². The van der Waals surface area contributed by atoms with Gasteiger partial charge in [-0.2, -0.15) is 0 Å². The molecular weight excluding hydrogens is 305 g/mol. The lowest BCUT2D eigenvalue weighted by molar-refractivity contribution is -0.0609. The quantitative estimate of drug-likeness (QED) is 0.904. The van der Waals surface area contributed by atoms with Crippen LogP contribution in [0.5, 0.6) is 0 Å². The topological polar surface area (TPSA) is 40.5 Å². The van der Waals surface area contributed by atoms with Gasteiger partial charge in [0.25, 0.3) is 5.91 Å². The minimum absolute atomic E-state index is 0.0196. The highest BCUT2D eigenvalue weighted by Crippen LogP contribution is 2.44. The molecule has 22 heavy (non-hydrogen) atoms. The van der Waals surface area contributed by atoms with Gasteiger partial charge in [-0.25, -0.2) is 4.39 Å². The molecule has 0 spiro atoms. The Morgan fingerprint density at radius 2 is 2.27 bits per heavy atom. The molecule has 1 saturated heterocycles. The molecule has 1 amide bonds. The van der Waals surface area contributed by atoms with Crippen molar-refractivity contribution in [1.29, 1.82) is 0 Å². The Kier molecular flexibility index (Phi) is 4.17. The van der Waals surface area contributed by atoms with E-state index < -0.39 is 11.4 Å². The molecule has 3 nitrogen and oxygen atoms in total. The van der Waals surface area contributed by atoms with Crippen molar-refractivity contribution in [3.05, 3.63) is 34.6 Å². The first-order chi connectivity index (χ1) is 10.5. The molecule has 2 fully saturated rings. The van der Waals surface area contributed by atoms with Crippen molar-refractivity contribution in [3.63, 3.8) is 0 Å². The lowest BCUT2D eigenvalue weighted by atomic mass is 9.69. The number of amides is 1. The second kappa shape index (κ2) is 5.82. The molecule has 0 radical (unpaired) electrons. The second-order valence-corrected chi connectivity index (χ2v) is 6.93. The number of aliphatic hydroxyl groups is 1. The van der Waals surface area contributed by atoms with E-state index in [1.165, 1.54) is 12.1 Å². The Morgan fingerprint density at radius 3 is 3.00 bits per heavy atom. The largest absolute Gasteiger partial charge is 0.390 e. The molecule has 1 aromatic carbocycles. The Morgan fingerprint density at radius 1 is 1.50 bits per heavy atom. The molecule has 3 rings (SSSR count). The molecule has 0 aromatic heterocycles. The van der Waals surface area contributed by atoms with Crippen LogP contribution in [0.25, 0.3) is 0 Å². The molecule has 1 aliphatic heterocycles. The molecule has 1 heterocycles. The number of fused-ring (bicyclic) bond motifs is 1. The van der Waals surface area contributed by atoms with Gasteiger partial charge in [0.15, 0.2) is 5.82 Å². The second-order valence-electron chi connectivity index (χ2n) is 6.53. The van der Waals surface area contributed by atoms with Crippen molar-refractivity contribution in [3.8, 4) is 0 Å². The minimum atomic E-state index is -0.690. The molecule has 0 unspecified atom stereocenters. The van der Waals surface area contributed by atoms with Crippen LogP contribution >= 0.6 is 11.6 Å². The Bertz CT molecular complexity index is 594.